The van der Waals surface area contributed by atoms with Gasteiger partial charge >= 0.3 is 0 Å². The lowest BCUT2D eigenvalue weighted by Crippen LogP contribution is -2.12. The Morgan fingerprint density at radius 3 is 2.73 bits per heavy atom. The molecule has 2 aromatic heterocycles. The predicted octanol–water partition coefficient (Wildman–Crippen LogP) is 3.59. The highest BCUT2D eigenvalue weighted by Crippen LogP contribution is 2.15. The maximum Gasteiger partial charge on any atom is 0.255 e. The van der Waals surface area contributed by atoms with E-state index in [-0.39, 0.29) is 5.91 Å². The summed E-state index contributed by atoms with van der Waals surface area (Å²) in [6.45, 7) is 1.91. The largest absolute Gasteiger partial charge is 0.321 e. The molecule has 3 rings (SSSR count). The molecular weight excluding hydrogens is 344 g/mol. The first-order valence-electron chi connectivity index (χ1n) is 6.67. The van der Waals surface area contributed by atoms with Gasteiger partial charge in [0.2, 0.25) is 0 Å². The van der Waals surface area contributed by atoms with Crippen LogP contribution in [0.15, 0.2) is 59.5 Å². The quantitative estimate of drug-likeness (QED) is 0.779. The van der Waals surface area contributed by atoms with Gasteiger partial charge in [0.15, 0.2) is 0 Å². The number of carbonyl (C=O) groups excluding carboxylic acids is 1. The van der Waals surface area contributed by atoms with Gasteiger partial charge in [-0.3, -0.25) is 9.36 Å². The predicted molar refractivity (Wildman–Crippen MR) is 88.2 cm³/mol. The molecule has 0 fully saturated rings. The van der Waals surface area contributed by atoms with Gasteiger partial charge in [-0.05, 0) is 37.3 Å². The molecule has 0 bridgehead atoms. The van der Waals surface area contributed by atoms with E-state index in [1.165, 1.54) is 0 Å². The fraction of sp³-hybridized carbons (Fsp3) is 0.0625. The number of amides is 1. The van der Waals surface area contributed by atoms with Gasteiger partial charge in [-0.1, -0.05) is 22.0 Å². The van der Waals surface area contributed by atoms with Crippen LogP contribution in [0.5, 0.6) is 0 Å². The van der Waals surface area contributed by atoms with Crippen LogP contribution < -0.4 is 5.32 Å². The van der Waals surface area contributed by atoms with Gasteiger partial charge in [-0.2, -0.15) is 0 Å². The molecule has 3 aromatic rings. The number of imidazole rings is 1. The van der Waals surface area contributed by atoms with Crippen LogP contribution in [0.3, 0.4) is 0 Å². The first kappa shape index (κ1) is 14.5. The van der Waals surface area contributed by atoms with Gasteiger partial charge in [0.25, 0.3) is 5.91 Å². The Labute approximate surface area is 136 Å². The van der Waals surface area contributed by atoms with Crippen molar-refractivity contribution in [3.05, 3.63) is 70.8 Å². The standard InChI is InChI=1S/C16H13BrN4O/c1-11-18-7-8-21(11)15-6-5-14(10-19-15)20-16(22)12-3-2-4-13(17)9-12/h2-10H,1H3,(H,20,22). The summed E-state index contributed by atoms with van der Waals surface area (Å²) in [6.07, 6.45) is 5.20. The number of aryl methyl sites for hydroxylation is 1. The second-order valence-corrected chi connectivity index (χ2v) is 5.63. The lowest BCUT2D eigenvalue weighted by atomic mass is 10.2. The van der Waals surface area contributed by atoms with E-state index in [0.717, 1.165) is 16.1 Å². The normalized spacial score (nSPS) is 10.5. The number of halogens is 1. The Hall–Kier alpha value is -2.47. The van der Waals surface area contributed by atoms with Crippen molar-refractivity contribution in [1.29, 1.82) is 0 Å². The topological polar surface area (TPSA) is 59.8 Å². The molecule has 5 nitrogen and oxygen atoms in total. The third kappa shape index (κ3) is 3.07. The van der Waals surface area contributed by atoms with Gasteiger partial charge in [-0.25, -0.2) is 9.97 Å². The molecule has 110 valence electrons. The molecule has 0 saturated carbocycles. The number of pyridine rings is 1. The van der Waals surface area contributed by atoms with Crippen molar-refractivity contribution in [3.8, 4) is 5.82 Å². The molecular formula is C16H13BrN4O. The molecule has 1 amide bonds. The molecule has 0 aliphatic carbocycles. The van der Waals surface area contributed by atoms with E-state index < -0.39 is 0 Å². The molecule has 0 unspecified atom stereocenters. The number of aromatic nitrogens is 3. The minimum atomic E-state index is -0.172. The van der Waals surface area contributed by atoms with Crippen LogP contribution in [-0.2, 0) is 0 Å². The van der Waals surface area contributed by atoms with Gasteiger partial charge < -0.3 is 5.32 Å². The average molecular weight is 357 g/mol. The second-order valence-electron chi connectivity index (χ2n) is 4.71. The summed E-state index contributed by atoms with van der Waals surface area (Å²) < 4.78 is 2.74. The van der Waals surface area contributed by atoms with Crippen LogP contribution in [0, 0.1) is 6.92 Å². The molecule has 22 heavy (non-hydrogen) atoms. The van der Waals surface area contributed by atoms with Crippen molar-refractivity contribution < 1.29 is 4.79 Å². The molecule has 0 radical (unpaired) electrons. The summed E-state index contributed by atoms with van der Waals surface area (Å²) in [5.41, 5.74) is 1.23. The Balaban J connectivity index is 1.76. The van der Waals surface area contributed by atoms with Crippen molar-refractivity contribution in [1.82, 2.24) is 14.5 Å². The summed E-state index contributed by atoms with van der Waals surface area (Å²) in [5, 5.41) is 2.83. The number of anilines is 1. The molecule has 1 N–H and O–H groups in total. The average Bonchev–Trinajstić information content (AvgIpc) is 2.94. The van der Waals surface area contributed by atoms with E-state index in [0.29, 0.717) is 11.3 Å². The number of carbonyl (C=O) groups is 1. The Morgan fingerprint density at radius 2 is 2.09 bits per heavy atom. The van der Waals surface area contributed by atoms with Gasteiger partial charge in [-0.15, -0.1) is 0 Å². The van der Waals surface area contributed by atoms with Crippen molar-refractivity contribution in [2.24, 2.45) is 0 Å². The summed E-state index contributed by atoms with van der Waals surface area (Å²) >= 11 is 3.35. The van der Waals surface area contributed by atoms with Crippen LogP contribution in [-0.4, -0.2) is 20.4 Å². The molecule has 0 aliphatic rings. The third-order valence-electron chi connectivity index (χ3n) is 3.17. The number of nitrogens with zero attached hydrogens (tertiary/aromatic N) is 3. The van der Waals surface area contributed by atoms with Crippen molar-refractivity contribution >= 4 is 27.5 Å². The summed E-state index contributed by atoms with van der Waals surface area (Å²) in [4.78, 5) is 20.7. The molecule has 0 saturated heterocycles. The van der Waals surface area contributed by atoms with E-state index in [4.69, 9.17) is 0 Å². The summed E-state index contributed by atoms with van der Waals surface area (Å²) in [6, 6.07) is 10.9. The minimum Gasteiger partial charge on any atom is -0.321 e. The van der Waals surface area contributed by atoms with Crippen LogP contribution in [0.2, 0.25) is 0 Å². The maximum atomic E-state index is 12.2. The van der Waals surface area contributed by atoms with Crippen LogP contribution >= 0.6 is 15.9 Å². The highest BCUT2D eigenvalue weighted by Gasteiger charge is 2.07. The number of benzene rings is 1. The zero-order chi connectivity index (χ0) is 15.5. The molecule has 0 spiro atoms. The van der Waals surface area contributed by atoms with Gasteiger partial charge in [0.05, 0.1) is 11.9 Å². The van der Waals surface area contributed by atoms with E-state index in [1.54, 1.807) is 24.5 Å². The smallest absolute Gasteiger partial charge is 0.255 e. The SMILES string of the molecule is Cc1nccn1-c1ccc(NC(=O)c2cccc(Br)c2)cn1. The van der Waals surface area contributed by atoms with E-state index in [2.05, 4.69) is 31.2 Å². The highest BCUT2D eigenvalue weighted by molar-refractivity contribution is 9.10. The third-order valence-corrected chi connectivity index (χ3v) is 3.66. The molecule has 6 heteroatoms. The first-order valence-corrected chi connectivity index (χ1v) is 7.46. The van der Waals surface area contributed by atoms with Crippen LogP contribution in [0.4, 0.5) is 5.69 Å². The van der Waals surface area contributed by atoms with Gasteiger partial charge in [0.1, 0.15) is 11.6 Å². The Kier molecular flexibility index (Phi) is 4.02. The van der Waals surface area contributed by atoms with E-state index >= 15 is 0 Å². The van der Waals surface area contributed by atoms with Crippen LogP contribution in [0.1, 0.15) is 16.2 Å². The van der Waals surface area contributed by atoms with E-state index in [1.807, 2.05) is 42.0 Å². The fourth-order valence-electron chi connectivity index (χ4n) is 2.06. The number of hydrogen-bond acceptors (Lipinski definition) is 3. The van der Waals surface area contributed by atoms with E-state index in [9.17, 15) is 4.79 Å². The lowest BCUT2D eigenvalue weighted by molar-refractivity contribution is 0.102. The Bertz CT molecular complexity index is 811. The fourth-order valence-corrected chi connectivity index (χ4v) is 2.45. The summed E-state index contributed by atoms with van der Waals surface area (Å²) in [5.74, 6) is 1.45. The highest BCUT2D eigenvalue weighted by atomic mass is 79.9. The molecule has 2 heterocycles. The second kappa shape index (κ2) is 6.11. The van der Waals surface area contributed by atoms with Crippen molar-refractivity contribution in [3.63, 3.8) is 0 Å². The monoisotopic (exact) mass is 356 g/mol. The Morgan fingerprint density at radius 1 is 1.23 bits per heavy atom. The van der Waals surface area contributed by atoms with Gasteiger partial charge in [0, 0.05) is 22.4 Å². The van der Waals surface area contributed by atoms with Crippen molar-refractivity contribution in [2.45, 2.75) is 6.92 Å². The molecule has 0 aliphatic heterocycles. The number of rotatable bonds is 3. The zero-order valence-corrected chi connectivity index (χ0v) is 13.4. The molecule has 0 atom stereocenters. The number of nitrogens with one attached hydrogen (secondary N) is 1. The zero-order valence-electron chi connectivity index (χ0n) is 11.8. The van der Waals surface area contributed by atoms with Crippen molar-refractivity contribution in [2.75, 3.05) is 5.32 Å². The maximum absolute atomic E-state index is 12.2. The molecule has 1 aromatic carbocycles. The summed E-state index contributed by atoms with van der Waals surface area (Å²) in [7, 11) is 0. The minimum absolute atomic E-state index is 0.172. The number of hydrogen-bond donors (Lipinski definition) is 1. The lowest BCUT2D eigenvalue weighted by Gasteiger charge is -2.07. The first-order chi connectivity index (χ1) is 10.6. The van der Waals surface area contributed by atoms with Crippen LogP contribution in [0.25, 0.3) is 5.82 Å².